The molecule has 10 aromatic carbocycles. The molecule has 13 aromatic rings. The summed E-state index contributed by atoms with van der Waals surface area (Å²) in [5, 5.41) is 4.00. The fourth-order valence-corrected chi connectivity index (χ4v) is 12.6. The standard InChI is InChI=1S/C70H49F3N4/c1-40-30-42(3)67(43(4)31-40)49-23-29-65-57(36-49)53-19-10-12-21-63(53)77(65)66-27-22-48-35-58(66)55-38-51(25-26-59(55)70(71,72)73)76-62-20-11-9-18-52(62)56-37-50(24-28-64(56)76)68-44(5)32-41(2)33-54(68)46-16-13-17-47(34-46)60-39-61(48)75-69(74-60)45-14-7-6-8-15-45/h6-39H,1-5H3. The quantitative estimate of drug-likeness (QED) is 0.177. The SMILES string of the molecule is Cc1cc(C)c(-c2ccc3c(c2)c2ccccc2n3-c2ccc3cc2-c2cc(ccc2C(F)(F)F)-n2c4ccccc4c4cc(ccc42)-c2c(C)cc(C)cc2-c2cccc(c2)-c2cc-3nc(-c3ccccc3)n2)c(C)c1. The highest BCUT2D eigenvalue weighted by Gasteiger charge is 2.35. The number of benzene rings is 10. The number of nitrogens with zero attached hydrogens (tertiary/aromatic N) is 4. The van der Waals surface area contributed by atoms with Crippen LogP contribution in [0.4, 0.5) is 13.2 Å². The summed E-state index contributed by atoms with van der Waals surface area (Å²) in [5.41, 5.74) is 20.5. The lowest BCUT2D eigenvalue weighted by Crippen LogP contribution is -2.10. The molecule has 5 heterocycles. The van der Waals surface area contributed by atoms with Crippen LogP contribution in [0.15, 0.2) is 206 Å². The van der Waals surface area contributed by atoms with Crippen molar-refractivity contribution in [3.8, 4) is 89.8 Å². The van der Waals surface area contributed by atoms with Gasteiger partial charge in [-0.1, -0.05) is 139 Å². The molecule has 0 radical (unpaired) electrons. The Labute approximate surface area is 444 Å². The Kier molecular flexibility index (Phi) is 10.4. The molecule has 0 aliphatic carbocycles. The zero-order valence-electron chi connectivity index (χ0n) is 43.1. The van der Waals surface area contributed by atoms with Crippen LogP contribution in [0.2, 0.25) is 0 Å². The largest absolute Gasteiger partial charge is 0.417 e. The number of aryl methyl sites for hydroxylation is 5. The van der Waals surface area contributed by atoms with E-state index in [4.69, 9.17) is 9.97 Å². The fourth-order valence-electron chi connectivity index (χ4n) is 12.6. The maximum atomic E-state index is 16.1. The number of alkyl halides is 3. The van der Waals surface area contributed by atoms with Gasteiger partial charge in [-0.2, -0.15) is 13.2 Å². The minimum absolute atomic E-state index is 0.0472. The summed E-state index contributed by atoms with van der Waals surface area (Å²) >= 11 is 0. The first-order valence-electron chi connectivity index (χ1n) is 26.0. The normalized spacial score (nSPS) is 12.2. The van der Waals surface area contributed by atoms with Crippen molar-refractivity contribution < 1.29 is 13.2 Å². The molecule has 2 aliphatic heterocycles. The van der Waals surface area contributed by atoms with Gasteiger partial charge in [0.25, 0.3) is 0 Å². The summed E-state index contributed by atoms with van der Waals surface area (Å²) in [5.74, 6) is 0.506. The third-order valence-corrected chi connectivity index (χ3v) is 15.7. The molecule has 3 aromatic heterocycles. The zero-order chi connectivity index (χ0) is 52.4. The monoisotopic (exact) mass is 1000 g/mol. The van der Waals surface area contributed by atoms with Crippen molar-refractivity contribution in [2.45, 2.75) is 40.8 Å². The summed E-state index contributed by atoms with van der Waals surface area (Å²) < 4.78 is 52.6. The van der Waals surface area contributed by atoms with Gasteiger partial charge in [0, 0.05) is 49.5 Å². The Morgan fingerprint density at radius 2 is 0.883 bits per heavy atom. The van der Waals surface area contributed by atoms with Crippen molar-refractivity contribution >= 4 is 43.6 Å². The van der Waals surface area contributed by atoms with Crippen molar-refractivity contribution in [1.82, 2.24) is 19.1 Å². The number of hydrogen-bond acceptors (Lipinski definition) is 2. The highest BCUT2D eigenvalue weighted by Crippen LogP contribution is 2.47. The Balaban J connectivity index is 1.12. The number of halogens is 3. The third kappa shape index (κ3) is 7.51. The van der Waals surface area contributed by atoms with Crippen LogP contribution in [0.5, 0.6) is 0 Å². The minimum Gasteiger partial charge on any atom is -0.309 e. The fraction of sp³-hybridized carbons (Fsp3) is 0.0857. The lowest BCUT2D eigenvalue weighted by atomic mass is 9.88. The second-order valence-electron chi connectivity index (χ2n) is 20.8. The lowest BCUT2D eigenvalue weighted by Gasteiger charge is -2.21. The number of fused-ring (bicyclic) bond motifs is 5. The Bertz CT molecular complexity index is 4590. The van der Waals surface area contributed by atoms with Gasteiger partial charge in [-0.3, -0.25) is 0 Å². The second kappa shape index (κ2) is 17.4. The molecule has 0 spiro atoms. The van der Waals surface area contributed by atoms with Gasteiger partial charge >= 0.3 is 6.18 Å². The van der Waals surface area contributed by atoms with Crippen LogP contribution in [0, 0.1) is 34.6 Å². The second-order valence-corrected chi connectivity index (χ2v) is 20.8. The first-order chi connectivity index (χ1) is 37.3. The average Bonchev–Trinajstić information content (AvgIpc) is 4.15. The number of para-hydroxylation sites is 2. The predicted molar refractivity (Wildman–Crippen MR) is 311 cm³/mol. The molecule has 0 saturated carbocycles. The number of rotatable bonds is 3. The van der Waals surface area contributed by atoms with Gasteiger partial charge in [0.05, 0.1) is 44.7 Å². The van der Waals surface area contributed by atoms with Crippen LogP contribution in [0.3, 0.4) is 0 Å². The molecule has 77 heavy (non-hydrogen) atoms. The Hall–Kier alpha value is -9.33. The molecule has 370 valence electrons. The van der Waals surface area contributed by atoms with E-state index in [-0.39, 0.29) is 5.56 Å². The van der Waals surface area contributed by atoms with Crippen LogP contribution in [0.1, 0.15) is 33.4 Å². The van der Waals surface area contributed by atoms with Crippen LogP contribution < -0.4 is 0 Å². The van der Waals surface area contributed by atoms with Crippen LogP contribution >= 0.6 is 0 Å². The highest BCUT2D eigenvalue weighted by atomic mass is 19.4. The van der Waals surface area contributed by atoms with E-state index in [2.05, 4.69) is 153 Å². The highest BCUT2D eigenvalue weighted by molar-refractivity contribution is 6.13. The summed E-state index contributed by atoms with van der Waals surface area (Å²) in [6.45, 7) is 10.7. The van der Waals surface area contributed by atoms with Gasteiger partial charge in [-0.25, -0.2) is 9.97 Å². The maximum Gasteiger partial charge on any atom is 0.417 e. The van der Waals surface area contributed by atoms with Crippen molar-refractivity contribution in [3.05, 3.63) is 240 Å². The summed E-state index contributed by atoms with van der Waals surface area (Å²) in [6.07, 6.45) is -4.72. The van der Waals surface area contributed by atoms with Gasteiger partial charge in [-0.05, 0) is 169 Å². The maximum absolute atomic E-state index is 16.1. The molecule has 7 heteroatoms. The minimum atomic E-state index is -4.72. The van der Waals surface area contributed by atoms with Crippen molar-refractivity contribution in [2.24, 2.45) is 0 Å². The first-order valence-corrected chi connectivity index (χ1v) is 26.0. The van der Waals surface area contributed by atoms with E-state index < -0.39 is 11.7 Å². The van der Waals surface area contributed by atoms with Crippen molar-refractivity contribution in [2.75, 3.05) is 0 Å². The van der Waals surface area contributed by atoms with Crippen LogP contribution in [0.25, 0.3) is 133 Å². The van der Waals surface area contributed by atoms with E-state index in [0.29, 0.717) is 39.7 Å². The van der Waals surface area contributed by atoms with Gasteiger partial charge in [0.15, 0.2) is 5.82 Å². The first kappa shape index (κ1) is 46.2. The number of aromatic nitrogens is 4. The van der Waals surface area contributed by atoms with Crippen LogP contribution in [-0.2, 0) is 6.18 Å². The van der Waals surface area contributed by atoms with Gasteiger partial charge in [0.1, 0.15) is 0 Å². The summed E-state index contributed by atoms with van der Waals surface area (Å²) in [6, 6.07) is 69.1. The van der Waals surface area contributed by atoms with Gasteiger partial charge < -0.3 is 9.13 Å². The molecule has 0 amide bonds. The molecule has 0 saturated heterocycles. The zero-order valence-corrected chi connectivity index (χ0v) is 43.1. The van der Waals surface area contributed by atoms with E-state index >= 15 is 13.2 Å². The average molecular weight is 1000 g/mol. The lowest BCUT2D eigenvalue weighted by molar-refractivity contribution is -0.137. The molecular weight excluding hydrogens is 954 g/mol. The van der Waals surface area contributed by atoms with Gasteiger partial charge in [-0.15, -0.1) is 0 Å². The van der Waals surface area contributed by atoms with Gasteiger partial charge in [0.2, 0.25) is 0 Å². The summed E-state index contributed by atoms with van der Waals surface area (Å²) in [7, 11) is 0. The van der Waals surface area contributed by atoms with E-state index in [9.17, 15) is 0 Å². The van der Waals surface area contributed by atoms with E-state index in [1.165, 1.54) is 28.3 Å². The molecule has 2 aliphatic rings. The topological polar surface area (TPSA) is 35.6 Å². The molecule has 4 nitrogen and oxygen atoms in total. The van der Waals surface area contributed by atoms with Crippen molar-refractivity contribution in [1.29, 1.82) is 0 Å². The predicted octanol–water partition coefficient (Wildman–Crippen LogP) is 19.2. The molecular formula is C70H49F3N4. The Morgan fingerprint density at radius 1 is 0.351 bits per heavy atom. The molecule has 0 N–H and O–H groups in total. The van der Waals surface area contributed by atoms with E-state index in [1.807, 2.05) is 78.9 Å². The molecule has 15 rings (SSSR count). The smallest absolute Gasteiger partial charge is 0.309 e. The Morgan fingerprint density at radius 3 is 1.56 bits per heavy atom. The van der Waals surface area contributed by atoms with E-state index in [0.717, 1.165) is 93.7 Å². The number of hydrogen-bond donors (Lipinski definition) is 0. The third-order valence-electron chi connectivity index (χ3n) is 15.7. The molecule has 12 bridgehead atoms. The molecule has 0 atom stereocenters. The van der Waals surface area contributed by atoms with Crippen molar-refractivity contribution in [3.63, 3.8) is 0 Å². The van der Waals surface area contributed by atoms with Crippen LogP contribution in [-0.4, -0.2) is 19.1 Å². The molecule has 0 fully saturated rings. The summed E-state index contributed by atoms with van der Waals surface area (Å²) in [4.78, 5) is 10.5. The van der Waals surface area contributed by atoms with E-state index in [1.54, 1.807) is 12.1 Å². The molecule has 0 unspecified atom stereocenters.